The molecule has 0 aliphatic carbocycles. The first kappa shape index (κ1) is 17.8. The molecule has 1 amide bonds. The maximum atomic E-state index is 12.5. The van der Waals surface area contributed by atoms with Crippen LogP contribution < -0.4 is 5.32 Å². The maximum absolute atomic E-state index is 12.5. The summed E-state index contributed by atoms with van der Waals surface area (Å²) in [5, 5.41) is 3.60. The number of halogens is 1. The highest BCUT2D eigenvalue weighted by Gasteiger charge is 2.19. The highest BCUT2D eigenvalue weighted by atomic mass is 35.5. The second kappa shape index (κ2) is 7.86. The minimum Gasteiger partial charge on any atom is -0.462 e. The molecule has 0 saturated carbocycles. The van der Waals surface area contributed by atoms with Crippen LogP contribution >= 0.6 is 34.7 Å². The average Bonchev–Trinajstić information content (AvgIpc) is 2.88. The number of hydrogen-bond donors (Lipinski definition) is 1. The quantitative estimate of drug-likeness (QED) is 0.604. The Labute approximate surface area is 148 Å². The largest absolute Gasteiger partial charge is 0.462 e. The van der Waals surface area contributed by atoms with E-state index in [0.717, 1.165) is 9.77 Å². The van der Waals surface area contributed by atoms with Crippen LogP contribution in [0.5, 0.6) is 0 Å². The summed E-state index contributed by atoms with van der Waals surface area (Å²) in [7, 11) is 0. The molecule has 0 saturated heterocycles. The van der Waals surface area contributed by atoms with Crippen LogP contribution in [-0.4, -0.2) is 24.7 Å². The van der Waals surface area contributed by atoms with Crippen LogP contribution in [0.2, 0.25) is 5.02 Å². The number of anilines is 1. The fourth-order valence-electron chi connectivity index (χ4n) is 1.94. The van der Waals surface area contributed by atoms with E-state index in [4.69, 9.17) is 16.3 Å². The Morgan fingerprint density at radius 3 is 2.70 bits per heavy atom. The van der Waals surface area contributed by atoms with E-state index in [1.54, 1.807) is 25.1 Å². The maximum Gasteiger partial charge on any atom is 0.341 e. The van der Waals surface area contributed by atoms with E-state index in [2.05, 4.69) is 5.32 Å². The fraction of sp³-hybridized carbons (Fsp3) is 0.250. The van der Waals surface area contributed by atoms with Crippen LogP contribution in [0.25, 0.3) is 0 Å². The number of thiophene rings is 1. The third-order valence-corrected chi connectivity index (χ3v) is 5.02. The van der Waals surface area contributed by atoms with Crippen molar-refractivity contribution in [2.75, 3.05) is 18.2 Å². The van der Waals surface area contributed by atoms with Gasteiger partial charge in [0, 0.05) is 9.77 Å². The van der Waals surface area contributed by atoms with Crippen molar-refractivity contribution in [2.24, 2.45) is 0 Å². The number of benzene rings is 1. The van der Waals surface area contributed by atoms with Crippen molar-refractivity contribution in [3.05, 3.63) is 45.3 Å². The van der Waals surface area contributed by atoms with Crippen molar-refractivity contribution in [1.82, 2.24) is 0 Å². The summed E-state index contributed by atoms with van der Waals surface area (Å²) in [6.45, 7) is 3.89. The van der Waals surface area contributed by atoms with Gasteiger partial charge in [-0.1, -0.05) is 11.6 Å². The number of aryl methyl sites for hydroxylation is 1. The molecule has 1 aromatic carbocycles. The molecule has 0 spiro atoms. The van der Waals surface area contributed by atoms with Gasteiger partial charge in [0.15, 0.2) is 0 Å². The van der Waals surface area contributed by atoms with Crippen molar-refractivity contribution < 1.29 is 14.3 Å². The van der Waals surface area contributed by atoms with Gasteiger partial charge < -0.3 is 10.1 Å². The summed E-state index contributed by atoms with van der Waals surface area (Å²) in [6, 6.07) is 6.97. The number of rotatable bonds is 5. The van der Waals surface area contributed by atoms with E-state index in [9.17, 15) is 9.59 Å². The molecule has 2 rings (SSSR count). The smallest absolute Gasteiger partial charge is 0.341 e. The molecule has 1 aromatic heterocycles. The SMILES string of the molecule is CCOC(=O)c1cc(C)sc1NC(=O)c1cc(SC)ccc1Cl. The van der Waals surface area contributed by atoms with Gasteiger partial charge in [-0.3, -0.25) is 4.79 Å². The van der Waals surface area contributed by atoms with Gasteiger partial charge >= 0.3 is 5.97 Å². The Hall–Kier alpha value is -1.50. The second-order valence-corrected chi connectivity index (χ2v) is 7.16. The summed E-state index contributed by atoms with van der Waals surface area (Å²) in [4.78, 5) is 26.3. The molecule has 4 nitrogen and oxygen atoms in total. The Morgan fingerprint density at radius 1 is 1.30 bits per heavy atom. The van der Waals surface area contributed by atoms with Gasteiger partial charge in [-0.25, -0.2) is 4.79 Å². The first-order chi connectivity index (χ1) is 11.0. The minimum absolute atomic E-state index is 0.280. The predicted molar refractivity (Wildman–Crippen MR) is 96.2 cm³/mol. The average molecular weight is 370 g/mol. The van der Waals surface area contributed by atoms with Crippen LogP contribution in [0, 0.1) is 6.92 Å². The van der Waals surface area contributed by atoms with E-state index < -0.39 is 5.97 Å². The predicted octanol–water partition coefficient (Wildman–Crippen LogP) is 4.86. The number of nitrogens with one attached hydrogen (secondary N) is 1. The van der Waals surface area contributed by atoms with Crippen molar-refractivity contribution in [2.45, 2.75) is 18.7 Å². The normalized spacial score (nSPS) is 10.4. The summed E-state index contributed by atoms with van der Waals surface area (Å²) in [5.41, 5.74) is 0.735. The van der Waals surface area contributed by atoms with Crippen LogP contribution in [-0.2, 0) is 4.74 Å². The summed E-state index contributed by atoms with van der Waals surface area (Å²) >= 11 is 8.96. The van der Waals surface area contributed by atoms with Gasteiger partial charge in [0.25, 0.3) is 5.91 Å². The molecule has 0 atom stereocenters. The lowest BCUT2D eigenvalue weighted by molar-refractivity contribution is 0.0528. The zero-order valence-corrected chi connectivity index (χ0v) is 15.3. The molecule has 0 radical (unpaired) electrons. The number of esters is 1. The first-order valence-electron chi connectivity index (χ1n) is 6.88. The molecule has 0 aliphatic heterocycles. The lowest BCUT2D eigenvalue weighted by atomic mass is 10.2. The lowest BCUT2D eigenvalue weighted by Crippen LogP contribution is -2.14. The fourth-order valence-corrected chi connectivity index (χ4v) is 3.48. The Kier molecular flexibility index (Phi) is 6.10. The van der Waals surface area contributed by atoms with Gasteiger partial charge in [0.05, 0.1) is 22.8 Å². The topological polar surface area (TPSA) is 55.4 Å². The first-order valence-corrected chi connectivity index (χ1v) is 9.30. The third-order valence-electron chi connectivity index (χ3n) is 3.00. The Bertz CT molecular complexity index is 743. The monoisotopic (exact) mass is 369 g/mol. The molecule has 23 heavy (non-hydrogen) atoms. The van der Waals surface area contributed by atoms with Gasteiger partial charge in [-0.15, -0.1) is 23.1 Å². The van der Waals surface area contributed by atoms with Crippen molar-refractivity contribution in [3.63, 3.8) is 0 Å². The number of carbonyl (C=O) groups excluding carboxylic acids is 2. The Morgan fingerprint density at radius 2 is 2.04 bits per heavy atom. The molecule has 1 N–H and O–H groups in total. The molecule has 0 bridgehead atoms. The van der Waals surface area contributed by atoms with Gasteiger partial charge in [0.2, 0.25) is 0 Å². The number of hydrogen-bond acceptors (Lipinski definition) is 5. The number of thioether (sulfide) groups is 1. The zero-order chi connectivity index (χ0) is 17.0. The molecular formula is C16H16ClNO3S2. The molecule has 7 heteroatoms. The third kappa shape index (κ3) is 4.28. The summed E-state index contributed by atoms with van der Waals surface area (Å²) in [6.07, 6.45) is 1.92. The highest BCUT2D eigenvalue weighted by molar-refractivity contribution is 7.98. The summed E-state index contributed by atoms with van der Waals surface area (Å²) < 4.78 is 5.02. The second-order valence-electron chi connectivity index (χ2n) is 4.62. The molecule has 0 unspecified atom stereocenters. The Balaban J connectivity index is 2.29. The van der Waals surface area contributed by atoms with E-state index in [0.29, 0.717) is 21.2 Å². The van der Waals surface area contributed by atoms with Crippen molar-refractivity contribution in [1.29, 1.82) is 0 Å². The number of amides is 1. The van der Waals surface area contributed by atoms with E-state index in [-0.39, 0.29) is 12.5 Å². The van der Waals surface area contributed by atoms with Gasteiger partial charge in [0.1, 0.15) is 5.00 Å². The van der Waals surface area contributed by atoms with Crippen LogP contribution in [0.1, 0.15) is 32.5 Å². The van der Waals surface area contributed by atoms with Crippen LogP contribution in [0.15, 0.2) is 29.2 Å². The van der Waals surface area contributed by atoms with E-state index in [1.165, 1.54) is 23.1 Å². The van der Waals surface area contributed by atoms with Crippen LogP contribution in [0.3, 0.4) is 0 Å². The molecular weight excluding hydrogens is 354 g/mol. The summed E-state index contributed by atoms with van der Waals surface area (Å²) in [5.74, 6) is -0.797. The zero-order valence-electron chi connectivity index (χ0n) is 12.9. The lowest BCUT2D eigenvalue weighted by Gasteiger charge is -2.08. The molecule has 1 heterocycles. The highest BCUT2D eigenvalue weighted by Crippen LogP contribution is 2.30. The van der Waals surface area contributed by atoms with Crippen molar-refractivity contribution in [3.8, 4) is 0 Å². The van der Waals surface area contributed by atoms with Crippen LogP contribution in [0.4, 0.5) is 5.00 Å². The van der Waals surface area contributed by atoms with Crippen molar-refractivity contribution >= 4 is 51.6 Å². The van der Waals surface area contributed by atoms with E-state index in [1.807, 2.05) is 19.2 Å². The standard InChI is InChI=1S/C16H16ClNO3S2/c1-4-21-16(20)12-7-9(2)23-15(12)18-14(19)11-8-10(22-3)5-6-13(11)17/h5-8H,4H2,1-3H3,(H,18,19). The van der Waals surface area contributed by atoms with E-state index >= 15 is 0 Å². The molecule has 2 aromatic rings. The van der Waals surface area contributed by atoms with Gasteiger partial charge in [-0.05, 0) is 44.4 Å². The molecule has 0 fully saturated rings. The molecule has 0 aliphatic rings. The molecule has 122 valence electrons. The number of ether oxygens (including phenoxy) is 1. The minimum atomic E-state index is -0.448. The number of carbonyl (C=O) groups is 2. The van der Waals surface area contributed by atoms with Gasteiger partial charge in [-0.2, -0.15) is 0 Å².